The first-order valence-corrected chi connectivity index (χ1v) is 13.2. The van der Waals surface area contributed by atoms with E-state index in [1.165, 1.54) is 0 Å². The first-order valence-electron chi connectivity index (χ1n) is 13.2. The fourth-order valence-electron chi connectivity index (χ4n) is 4.37. The van der Waals surface area contributed by atoms with E-state index in [1.807, 2.05) is 52.0 Å². The minimum absolute atomic E-state index is 0.118. The molecule has 0 aliphatic carbocycles. The Balaban J connectivity index is 1.52. The SMILES string of the molecule is CC[N+]([O-])(CC)CCOc1cccc2cc(C(=O)c3cc4cccc(OCC[N+]([O-])(CC)CC)c4o3)oc12. The van der Waals surface area contributed by atoms with Crippen LogP contribution >= 0.6 is 0 Å². The number of carbonyl (C=O) groups is 1. The van der Waals surface area contributed by atoms with Crippen LogP contribution in [0.15, 0.2) is 57.4 Å². The van der Waals surface area contributed by atoms with Gasteiger partial charge in [-0.2, -0.15) is 0 Å². The molecule has 2 aromatic heterocycles. The number of nitrogens with zero attached hydrogens (tertiary/aromatic N) is 2. The Hall–Kier alpha value is -3.37. The van der Waals surface area contributed by atoms with Crippen molar-refractivity contribution in [2.75, 3.05) is 52.5 Å². The highest BCUT2D eigenvalue weighted by molar-refractivity contribution is 6.09. The standard InChI is InChI=1S/C29H36N2O7/c1-5-30(33,6-2)15-17-35-23-13-9-11-21-19-25(37-28(21)23)27(32)26-20-22-12-10-14-24(29(22)38-26)36-18-16-31(34,7-3)8-4/h9-14,19-20H,5-8,15-18H2,1-4H3. The molecule has 0 fully saturated rings. The highest BCUT2D eigenvalue weighted by Gasteiger charge is 2.22. The minimum Gasteiger partial charge on any atom is -0.633 e. The van der Waals surface area contributed by atoms with Gasteiger partial charge >= 0.3 is 0 Å². The molecule has 0 saturated heterocycles. The second kappa shape index (κ2) is 11.6. The van der Waals surface area contributed by atoms with Gasteiger partial charge in [-0.3, -0.25) is 4.79 Å². The molecule has 2 aromatic carbocycles. The van der Waals surface area contributed by atoms with Crippen LogP contribution in [0.2, 0.25) is 0 Å². The van der Waals surface area contributed by atoms with E-state index in [2.05, 4.69) is 0 Å². The van der Waals surface area contributed by atoms with Crippen molar-refractivity contribution in [2.24, 2.45) is 0 Å². The van der Waals surface area contributed by atoms with Gasteiger partial charge in [-0.15, -0.1) is 0 Å². The number of para-hydroxylation sites is 2. The quantitative estimate of drug-likeness (QED) is 0.115. The number of carbonyl (C=O) groups excluding carboxylic acids is 1. The number of ether oxygens (including phenoxy) is 2. The van der Waals surface area contributed by atoms with Crippen LogP contribution < -0.4 is 9.47 Å². The maximum Gasteiger partial charge on any atom is 0.263 e. The fraction of sp³-hybridized carbons (Fsp3) is 0.414. The van der Waals surface area contributed by atoms with Gasteiger partial charge in [0.15, 0.2) is 34.2 Å². The summed E-state index contributed by atoms with van der Waals surface area (Å²) in [5.74, 6) is 0.787. The third-order valence-corrected chi connectivity index (χ3v) is 7.28. The number of benzene rings is 2. The summed E-state index contributed by atoms with van der Waals surface area (Å²) in [5, 5.41) is 26.5. The van der Waals surface area contributed by atoms with Crippen molar-refractivity contribution in [3.8, 4) is 11.5 Å². The van der Waals surface area contributed by atoms with Gasteiger partial charge in [0.05, 0.1) is 26.2 Å². The van der Waals surface area contributed by atoms with E-state index in [9.17, 15) is 15.2 Å². The Kier molecular flexibility index (Phi) is 8.42. The average Bonchev–Trinajstić information content (AvgIpc) is 3.58. The molecule has 0 aliphatic heterocycles. The second-order valence-corrected chi connectivity index (χ2v) is 9.42. The van der Waals surface area contributed by atoms with Gasteiger partial charge in [-0.1, -0.05) is 24.3 Å². The zero-order valence-corrected chi connectivity index (χ0v) is 22.5. The van der Waals surface area contributed by atoms with E-state index in [-0.39, 0.29) is 34.0 Å². The molecule has 0 radical (unpaired) electrons. The van der Waals surface area contributed by atoms with E-state index in [4.69, 9.17) is 18.3 Å². The number of rotatable bonds is 14. The topological polar surface area (TPSA) is 108 Å². The maximum atomic E-state index is 13.3. The lowest BCUT2D eigenvalue weighted by Crippen LogP contribution is -2.44. The molecule has 4 aromatic rings. The molecule has 204 valence electrons. The number of hydrogen-bond acceptors (Lipinski definition) is 7. The lowest BCUT2D eigenvalue weighted by Gasteiger charge is -2.40. The zero-order valence-electron chi connectivity index (χ0n) is 22.5. The van der Waals surface area contributed by atoms with Gasteiger partial charge in [-0.25, -0.2) is 0 Å². The summed E-state index contributed by atoms with van der Waals surface area (Å²) < 4.78 is 22.9. The predicted molar refractivity (Wildman–Crippen MR) is 146 cm³/mol. The van der Waals surface area contributed by atoms with Crippen molar-refractivity contribution >= 4 is 27.7 Å². The van der Waals surface area contributed by atoms with Gasteiger partial charge in [-0.05, 0) is 52.0 Å². The van der Waals surface area contributed by atoms with Gasteiger partial charge < -0.3 is 38.0 Å². The third kappa shape index (κ3) is 5.86. The van der Waals surface area contributed by atoms with Gasteiger partial charge in [0.2, 0.25) is 0 Å². The van der Waals surface area contributed by atoms with Crippen molar-refractivity contribution in [1.82, 2.24) is 0 Å². The number of hydroxylamine groups is 6. The van der Waals surface area contributed by atoms with Crippen LogP contribution in [0, 0.1) is 10.4 Å². The van der Waals surface area contributed by atoms with Gasteiger partial charge in [0.1, 0.15) is 26.3 Å². The summed E-state index contributed by atoms with van der Waals surface area (Å²) in [4.78, 5) is 13.3. The molecule has 0 aliphatic rings. The molecule has 2 heterocycles. The molecule has 0 unspecified atom stereocenters. The number of hydrogen-bond donors (Lipinski definition) is 0. The van der Waals surface area contributed by atoms with Crippen molar-refractivity contribution < 1.29 is 32.4 Å². The fourth-order valence-corrected chi connectivity index (χ4v) is 4.37. The van der Waals surface area contributed by atoms with Crippen molar-refractivity contribution in [3.05, 3.63) is 70.5 Å². The molecule has 0 atom stereocenters. The van der Waals surface area contributed by atoms with Crippen LogP contribution in [0.25, 0.3) is 21.9 Å². The molecule has 0 bridgehead atoms. The largest absolute Gasteiger partial charge is 0.633 e. The monoisotopic (exact) mass is 524 g/mol. The average molecular weight is 525 g/mol. The highest BCUT2D eigenvalue weighted by Crippen LogP contribution is 2.33. The van der Waals surface area contributed by atoms with Crippen LogP contribution in [-0.4, -0.2) is 67.6 Å². The second-order valence-electron chi connectivity index (χ2n) is 9.42. The first-order chi connectivity index (χ1) is 18.2. The summed E-state index contributed by atoms with van der Waals surface area (Å²) in [6.45, 7) is 10.5. The maximum absolute atomic E-state index is 13.3. The Morgan fingerprint density at radius 2 is 1.11 bits per heavy atom. The van der Waals surface area contributed by atoms with Crippen LogP contribution in [0.1, 0.15) is 44.0 Å². The summed E-state index contributed by atoms with van der Waals surface area (Å²) in [7, 11) is 0. The number of ketones is 1. The number of fused-ring (bicyclic) bond motifs is 2. The number of likely N-dealkylation sites (N-methyl/N-ethyl adjacent to an activating group) is 2. The van der Waals surface area contributed by atoms with E-state index < -0.39 is 5.78 Å². The molecule has 4 rings (SSSR count). The van der Waals surface area contributed by atoms with Crippen LogP contribution in [0.3, 0.4) is 0 Å². The molecule has 0 amide bonds. The van der Waals surface area contributed by atoms with E-state index in [0.29, 0.717) is 72.7 Å². The Morgan fingerprint density at radius 1 is 0.711 bits per heavy atom. The molecular weight excluding hydrogens is 488 g/mol. The van der Waals surface area contributed by atoms with Crippen molar-refractivity contribution in [2.45, 2.75) is 27.7 Å². The summed E-state index contributed by atoms with van der Waals surface area (Å²) in [5.41, 5.74) is 0.887. The molecule has 9 nitrogen and oxygen atoms in total. The highest BCUT2D eigenvalue weighted by atomic mass is 16.6. The third-order valence-electron chi connectivity index (χ3n) is 7.28. The van der Waals surface area contributed by atoms with E-state index >= 15 is 0 Å². The van der Waals surface area contributed by atoms with E-state index in [0.717, 1.165) is 0 Å². The number of quaternary nitrogens is 2. The lowest BCUT2D eigenvalue weighted by molar-refractivity contribution is -0.877. The van der Waals surface area contributed by atoms with Crippen molar-refractivity contribution in [3.63, 3.8) is 0 Å². The summed E-state index contributed by atoms with van der Waals surface area (Å²) >= 11 is 0. The van der Waals surface area contributed by atoms with E-state index in [1.54, 1.807) is 24.3 Å². The molecular formula is C29H36N2O7. The lowest BCUT2D eigenvalue weighted by atomic mass is 10.2. The zero-order chi connectivity index (χ0) is 27.3. The Labute approximate surface area is 222 Å². The van der Waals surface area contributed by atoms with Gasteiger partial charge in [0, 0.05) is 10.8 Å². The summed E-state index contributed by atoms with van der Waals surface area (Å²) in [6, 6.07) is 14.1. The molecule has 0 N–H and O–H groups in total. The Morgan fingerprint density at radius 3 is 1.47 bits per heavy atom. The normalized spacial score (nSPS) is 12.4. The van der Waals surface area contributed by atoms with Crippen LogP contribution in [0.4, 0.5) is 0 Å². The van der Waals surface area contributed by atoms with Crippen LogP contribution in [0.5, 0.6) is 11.5 Å². The van der Waals surface area contributed by atoms with Crippen molar-refractivity contribution in [1.29, 1.82) is 0 Å². The van der Waals surface area contributed by atoms with Gasteiger partial charge in [0.25, 0.3) is 5.78 Å². The predicted octanol–water partition coefficient (Wildman–Crippen LogP) is 5.88. The molecule has 38 heavy (non-hydrogen) atoms. The minimum atomic E-state index is -0.409. The first kappa shape index (κ1) is 27.7. The molecule has 0 spiro atoms. The molecule has 0 saturated carbocycles. The molecule has 9 heteroatoms. The van der Waals surface area contributed by atoms with Crippen LogP contribution in [-0.2, 0) is 0 Å². The summed E-state index contributed by atoms with van der Waals surface area (Å²) in [6.07, 6.45) is 0. The number of furan rings is 2. The Bertz CT molecular complexity index is 1280. The smallest absolute Gasteiger partial charge is 0.263 e.